The molecule has 17 heavy (non-hydrogen) atoms. The maximum atomic E-state index is 9.95. The van der Waals surface area contributed by atoms with E-state index in [1.54, 1.807) is 13.8 Å². The van der Waals surface area contributed by atoms with Gasteiger partial charge in [-0.05, 0) is 48.5 Å². The Kier molecular flexibility index (Phi) is 4.04. The zero-order chi connectivity index (χ0) is 13.5. The van der Waals surface area contributed by atoms with Crippen molar-refractivity contribution < 1.29 is 19.1 Å². The lowest BCUT2D eigenvalue weighted by Gasteiger charge is -2.37. The van der Waals surface area contributed by atoms with Gasteiger partial charge in [0.1, 0.15) is 0 Å². The van der Waals surface area contributed by atoms with Crippen LogP contribution in [0, 0.1) is 0 Å². The van der Waals surface area contributed by atoms with Crippen molar-refractivity contribution in [2.45, 2.75) is 71.4 Å². The lowest BCUT2D eigenvalue weighted by Crippen LogP contribution is -2.50. The summed E-state index contributed by atoms with van der Waals surface area (Å²) >= 11 is 0. The molecule has 0 bridgehead atoms. The van der Waals surface area contributed by atoms with Gasteiger partial charge >= 0.3 is 14.4 Å². The van der Waals surface area contributed by atoms with Crippen LogP contribution in [0.15, 0.2) is 0 Å². The Balaban J connectivity index is 2.49. The predicted molar refractivity (Wildman–Crippen MR) is 68.7 cm³/mol. The third-order valence-electron chi connectivity index (χ3n) is 3.68. The quantitative estimate of drug-likeness (QED) is 0.755. The minimum atomic E-state index is -0.941. The summed E-state index contributed by atoms with van der Waals surface area (Å²) in [4.78, 5) is 0. The molecule has 0 aliphatic carbocycles. The second-order valence-electron chi connectivity index (χ2n) is 6.19. The van der Waals surface area contributed by atoms with Gasteiger partial charge in [0.05, 0.1) is 22.9 Å². The Hall–Kier alpha value is -0.0301. The molecule has 0 saturated carbocycles. The molecule has 0 aromatic rings. The highest BCUT2D eigenvalue weighted by atomic mass is 16.7. The van der Waals surface area contributed by atoms with Crippen LogP contribution < -0.4 is 0 Å². The highest BCUT2D eigenvalue weighted by Crippen LogP contribution is 2.29. The molecule has 1 heterocycles. The number of hydrogen-bond donors (Lipinski definition) is 1. The maximum Gasteiger partial charge on any atom is 0.439 e. The molecule has 1 aliphatic rings. The summed E-state index contributed by atoms with van der Waals surface area (Å²) in [6.45, 7) is 13.0. The van der Waals surface area contributed by atoms with Crippen molar-refractivity contribution in [3.63, 3.8) is 0 Å². The Bertz CT molecular complexity index is 273. The zero-order valence-electron chi connectivity index (χ0n) is 11.9. The summed E-state index contributed by atoms with van der Waals surface area (Å²) < 4.78 is 16.9. The van der Waals surface area contributed by atoms with Gasteiger partial charge in [-0.15, -0.1) is 0 Å². The first-order valence-corrected chi connectivity index (χ1v) is 6.02. The van der Waals surface area contributed by atoms with E-state index >= 15 is 0 Å². The molecule has 1 atom stereocenters. The minimum Gasteiger partial charge on any atom is -0.435 e. The van der Waals surface area contributed by atoms with Crippen molar-refractivity contribution in [3.8, 4) is 0 Å². The van der Waals surface area contributed by atoms with Gasteiger partial charge in [0.25, 0.3) is 0 Å². The molecule has 1 aliphatic heterocycles. The SMILES string of the molecule is CC1OB([B]OC(C)(C)C(C)(C)O)OC1(C)C. The highest BCUT2D eigenvalue weighted by molar-refractivity contribution is 7.03. The van der Waals surface area contributed by atoms with Crippen LogP contribution in [0.25, 0.3) is 0 Å². The topological polar surface area (TPSA) is 47.9 Å². The van der Waals surface area contributed by atoms with Gasteiger partial charge in [0.15, 0.2) is 0 Å². The Morgan fingerprint density at radius 1 is 1.29 bits per heavy atom. The summed E-state index contributed by atoms with van der Waals surface area (Å²) in [7, 11) is 1.03. The molecule has 1 fully saturated rings. The second-order valence-corrected chi connectivity index (χ2v) is 6.19. The van der Waals surface area contributed by atoms with E-state index in [9.17, 15) is 5.11 Å². The van der Waals surface area contributed by atoms with Crippen LogP contribution in [0.4, 0.5) is 0 Å². The van der Waals surface area contributed by atoms with E-state index in [0.29, 0.717) is 0 Å². The Labute approximate surface area is 105 Å². The molecular weight excluding hydrogens is 218 g/mol. The largest absolute Gasteiger partial charge is 0.439 e. The summed E-state index contributed by atoms with van der Waals surface area (Å²) in [5.74, 6) is 0. The van der Waals surface area contributed by atoms with E-state index in [0.717, 1.165) is 0 Å². The Morgan fingerprint density at radius 3 is 2.18 bits per heavy atom. The maximum absolute atomic E-state index is 9.95. The first-order valence-electron chi connectivity index (χ1n) is 6.02. The second kappa shape index (κ2) is 4.57. The molecule has 1 rings (SSSR count). The summed E-state index contributed by atoms with van der Waals surface area (Å²) in [6, 6.07) is 0. The fourth-order valence-electron chi connectivity index (χ4n) is 1.22. The average Bonchev–Trinajstić information content (AvgIpc) is 2.36. The van der Waals surface area contributed by atoms with Crippen molar-refractivity contribution in [2.24, 2.45) is 0 Å². The van der Waals surface area contributed by atoms with Gasteiger partial charge < -0.3 is 19.1 Å². The molecule has 0 spiro atoms. The van der Waals surface area contributed by atoms with Gasteiger partial charge in [-0.2, -0.15) is 0 Å². The van der Waals surface area contributed by atoms with Gasteiger partial charge in [-0.1, -0.05) is 0 Å². The van der Waals surface area contributed by atoms with Gasteiger partial charge in [-0.3, -0.25) is 0 Å². The fourth-order valence-corrected chi connectivity index (χ4v) is 1.22. The molecule has 1 radical (unpaired) electrons. The van der Waals surface area contributed by atoms with Crippen LogP contribution in [-0.4, -0.2) is 42.4 Å². The minimum absolute atomic E-state index is 0.0117. The third-order valence-corrected chi connectivity index (χ3v) is 3.68. The number of rotatable bonds is 4. The van der Waals surface area contributed by atoms with E-state index in [1.807, 2.05) is 34.6 Å². The molecule has 1 saturated heterocycles. The summed E-state index contributed by atoms with van der Waals surface area (Å²) in [6.07, 6.45) is 0.0117. The van der Waals surface area contributed by atoms with Crippen LogP contribution >= 0.6 is 0 Å². The molecule has 0 amide bonds. The van der Waals surface area contributed by atoms with Gasteiger partial charge in [0, 0.05) is 0 Å². The molecule has 0 aromatic carbocycles. The van der Waals surface area contributed by atoms with Crippen molar-refractivity contribution >= 4 is 14.4 Å². The van der Waals surface area contributed by atoms with Crippen molar-refractivity contribution in [1.29, 1.82) is 0 Å². The summed E-state index contributed by atoms with van der Waals surface area (Å²) in [5, 5.41) is 9.95. The Morgan fingerprint density at radius 2 is 1.82 bits per heavy atom. The third kappa shape index (κ3) is 3.47. The van der Waals surface area contributed by atoms with Crippen molar-refractivity contribution in [2.75, 3.05) is 0 Å². The lowest BCUT2D eigenvalue weighted by molar-refractivity contribution is -0.0894. The van der Waals surface area contributed by atoms with Crippen LogP contribution in [0.3, 0.4) is 0 Å². The molecule has 0 aromatic heterocycles. The van der Waals surface area contributed by atoms with E-state index in [-0.39, 0.29) is 11.7 Å². The van der Waals surface area contributed by atoms with Gasteiger partial charge in [0.2, 0.25) is 0 Å². The lowest BCUT2D eigenvalue weighted by atomic mass is 9.55. The summed E-state index contributed by atoms with van der Waals surface area (Å²) in [5.41, 5.74) is -1.96. The molecule has 1 unspecified atom stereocenters. The first-order chi connectivity index (χ1) is 7.46. The van der Waals surface area contributed by atoms with Crippen LogP contribution in [0.2, 0.25) is 0 Å². The van der Waals surface area contributed by atoms with E-state index in [4.69, 9.17) is 14.0 Å². The highest BCUT2D eigenvalue weighted by Gasteiger charge is 2.45. The molecule has 97 valence electrons. The number of hydrogen-bond acceptors (Lipinski definition) is 4. The van der Waals surface area contributed by atoms with Gasteiger partial charge in [-0.25, -0.2) is 0 Å². The van der Waals surface area contributed by atoms with Crippen molar-refractivity contribution in [3.05, 3.63) is 0 Å². The fraction of sp³-hybridized carbons (Fsp3) is 1.00. The van der Waals surface area contributed by atoms with E-state index in [2.05, 4.69) is 0 Å². The van der Waals surface area contributed by atoms with E-state index in [1.165, 1.54) is 7.37 Å². The number of aliphatic hydroxyl groups is 1. The van der Waals surface area contributed by atoms with E-state index < -0.39 is 18.2 Å². The molecule has 1 N–H and O–H groups in total. The van der Waals surface area contributed by atoms with Crippen LogP contribution in [0.1, 0.15) is 48.5 Å². The monoisotopic (exact) mass is 241 g/mol. The molecule has 4 nitrogen and oxygen atoms in total. The van der Waals surface area contributed by atoms with Crippen LogP contribution in [-0.2, 0) is 14.0 Å². The first kappa shape index (κ1) is 15.0. The molecular formula is C11H23B2O4. The van der Waals surface area contributed by atoms with Crippen molar-refractivity contribution in [1.82, 2.24) is 0 Å². The normalized spacial score (nSPS) is 25.2. The smallest absolute Gasteiger partial charge is 0.435 e. The predicted octanol–water partition coefficient (Wildman–Crippen LogP) is 1.37. The average molecular weight is 241 g/mol. The zero-order valence-corrected chi connectivity index (χ0v) is 11.9. The standard InChI is InChI=1S/C11H23B2O4/c1-8-9(2,3)17-13(15-8)12-16-11(6,7)10(4,5)14/h8,14H,1-7H3. The van der Waals surface area contributed by atoms with Crippen LogP contribution in [0.5, 0.6) is 0 Å². The molecule has 6 heteroatoms.